The van der Waals surface area contributed by atoms with Gasteiger partial charge in [0, 0.05) is 17.8 Å². The van der Waals surface area contributed by atoms with Crippen LogP contribution in [0.1, 0.15) is 154 Å². The fourth-order valence-corrected chi connectivity index (χ4v) is 4.88. The Labute approximate surface area is 242 Å². The number of hydrogen-bond donors (Lipinski definition) is 0. The molecule has 7 heteroatoms. The zero-order chi connectivity index (χ0) is 29.3. The Balaban J connectivity index is 2.47. The minimum Gasteiger partial charge on any atom is -0.458 e. The first kappa shape index (κ1) is 35.6. The molecule has 1 aromatic carbocycles. The standard InChI is InChI=1S/C33H55NO6/c1-3-5-7-9-11-13-15-17-22-26-31(35)39-28-30(34(37)38)33(29-24-20-19-21-25-29)40-32(36)27-23-18-16-14-12-10-8-6-4-2/h19-21,24-25,30,33H,3-18,22-23,26-28H2,1-2H3. The van der Waals surface area contributed by atoms with Gasteiger partial charge in [0.15, 0.2) is 12.7 Å². The zero-order valence-corrected chi connectivity index (χ0v) is 25.3. The highest BCUT2D eigenvalue weighted by atomic mass is 16.6. The van der Waals surface area contributed by atoms with E-state index in [0.29, 0.717) is 18.4 Å². The Bertz CT molecular complexity index is 784. The maximum atomic E-state index is 12.6. The number of esters is 2. The Kier molecular flexibility index (Phi) is 21.7. The zero-order valence-electron chi connectivity index (χ0n) is 25.3. The summed E-state index contributed by atoms with van der Waals surface area (Å²) in [5, 5.41) is 12.0. The van der Waals surface area contributed by atoms with E-state index in [1.54, 1.807) is 30.3 Å². The van der Waals surface area contributed by atoms with Gasteiger partial charge in [-0.15, -0.1) is 0 Å². The highest BCUT2D eigenvalue weighted by Crippen LogP contribution is 2.25. The largest absolute Gasteiger partial charge is 0.458 e. The number of carbonyl (C=O) groups is 2. The number of benzene rings is 1. The summed E-state index contributed by atoms with van der Waals surface area (Å²) < 4.78 is 11.0. The molecule has 0 aliphatic heterocycles. The summed E-state index contributed by atoms with van der Waals surface area (Å²) in [5.74, 6) is -0.896. The van der Waals surface area contributed by atoms with E-state index in [-0.39, 0.29) is 12.8 Å². The van der Waals surface area contributed by atoms with E-state index < -0.39 is 35.6 Å². The van der Waals surface area contributed by atoms with Crippen molar-refractivity contribution in [3.8, 4) is 0 Å². The van der Waals surface area contributed by atoms with Crippen LogP contribution in [0.3, 0.4) is 0 Å². The quantitative estimate of drug-likeness (QED) is 0.0484. The van der Waals surface area contributed by atoms with Gasteiger partial charge in [0.2, 0.25) is 0 Å². The van der Waals surface area contributed by atoms with Crippen molar-refractivity contribution >= 4 is 11.9 Å². The molecular weight excluding hydrogens is 506 g/mol. The average Bonchev–Trinajstić information content (AvgIpc) is 2.95. The lowest BCUT2D eigenvalue weighted by Gasteiger charge is -2.22. The summed E-state index contributed by atoms with van der Waals surface area (Å²) in [6.45, 7) is 4.00. The van der Waals surface area contributed by atoms with Gasteiger partial charge in [0.25, 0.3) is 6.04 Å². The van der Waals surface area contributed by atoms with Crippen LogP contribution in [0, 0.1) is 10.1 Å². The number of rotatable bonds is 26. The number of unbranched alkanes of at least 4 members (excludes halogenated alkanes) is 16. The lowest BCUT2D eigenvalue weighted by Crippen LogP contribution is -2.36. The molecule has 0 aliphatic rings. The molecule has 0 bridgehead atoms. The van der Waals surface area contributed by atoms with E-state index in [4.69, 9.17) is 9.47 Å². The van der Waals surface area contributed by atoms with E-state index >= 15 is 0 Å². The molecule has 0 fully saturated rings. The van der Waals surface area contributed by atoms with E-state index in [9.17, 15) is 19.7 Å². The first-order valence-corrected chi connectivity index (χ1v) is 16.0. The van der Waals surface area contributed by atoms with E-state index in [2.05, 4.69) is 13.8 Å². The Morgan fingerprint density at radius 3 is 1.55 bits per heavy atom. The maximum Gasteiger partial charge on any atom is 0.306 e. The first-order valence-electron chi connectivity index (χ1n) is 16.0. The smallest absolute Gasteiger partial charge is 0.306 e. The molecule has 0 aromatic heterocycles. The molecule has 0 saturated heterocycles. The molecule has 1 rings (SSSR count). The van der Waals surface area contributed by atoms with Crippen molar-refractivity contribution < 1.29 is 24.0 Å². The summed E-state index contributed by atoms with van der Waals surface area (Å²) in [6.07, 6.45) is 19.8. The van der Waals surface area contributed by atoms with Crippen LogP contribution < -0.4 is 0 Å². The van der Waals surface area contributed by atoms with E-state index in [1.807, 2.05) is 0 Å². The van der Waals surface area contributed by atoms with Gasteiger partial charge in [-0.2, -0.15) is 0 Å². The van der Waals surface area contributed by atoms with Crippen molar-refractivity contribution in [2.75, 3.05) is 6.61 Å². The third-order valence-electron chi connectivity index (χ3n) is 7.39. The van der Waals surface area contributed by atoms with Gasteiger partial charge in [0.1, 0.15) is 0 Å². The number of nitro groups is 1. The molecule has 0 aliphatic carbocycles. The fraction of sp³-hybridized carbons (Fsp3) is 0.758. The maximum absolute atomic E-state index is 12.6. The lowest BCUT2D eigenvalue weighted by molar-refractivity contribution is -0.538. The molecular formula is C33H55NO6. The van der Waals surface area contributed by atoms with Crippen molar-refractivity contribution in [1.82, 2.24) is 0 Å². The number of hydrogen-bond acceptors (Lipinski definition) is 6. The van der Waals surface area contributed by atoms with Crippen molar-refractivity contribution in [1.29, 1.82) is 0 Å². The molecule has 40 heavy (non-hydrogen) atoms. The highest BCUT2D eigenvalue weighted by molar-refractivity contribution is 5.70. The van der Waals surface area contributed by atoms with Crippen LogP contribution in [0.5, 0.6) is 0 Å². The van der Waals surface area contributed by atoms with Crippen molar-refractivity contribution in [2.45, 2.75) is 154 Å². The molecule has 0 heterocycles. The predicted octanol–water partition coefficient (Wildman–Crippen LogP) is 9.30. The molecule has 0 saturated carbocycles. The molecule has 0 N–H and O–H groups in total. The predicted molar refractivity (Wildman–Crippen MR) is 161 cm³/mol. The number of nitrogens with zero attached hydrogens (tertiary/aromatic N) is 1. The third-order valence-corrected chi connectivity index (χ3v) is 7.39. The van der Waals surface area contributed by atoms with Gasteiger partial charge in [-0.25, -0.2) is 0 Å². The van der Waals surface area contributed by atoms with Crippen LogP contribution in [0.4, 0.5) is 0 Å². The van der Waals surface area contributed by atoms with Gasteiger partial charge in [-0.1, -0.05) is 147 Å². The summed E-state index contributed by atoms with van der Waals surface area (Å²) >= 11 is 0. The van der Waals surface area contributed by atoms with Gasteiger partial charge in [-0.3, -0.25) is 19.7 Å². The molecule has 0 spiro atoms. The molecule has 0 radical (unpaired) electrons. The average molecular weight is 562 g/mol. The Hall–Kier alpha value is -2.44. The number of carbonyl (C=O) groups excluding carboxylic acids is 2. The summed E-state index contributed by atoms with van der Waals surface area (Å²) in [4.78, 5) is 36.4. The SMILES string of the molecule is CCCCCCCCCCCC(=O)OCC(C(OC(=O)CCCCCCCCCCC)c1ccccc1)[N+](=O)[O-]. The van der Waals surface area contributed by atoms with Crippen LogP contribution in [-0.4, -0.2) is 29.5 Å². The van der Waals surface area contributed by atoms with E-state index in [0.717, 1.165) is 25.7 Å². The lowest BCUT2D eigenvalue weighted by atomic mass is 10.0. The van der Waals surface area contributed by atoms with Gasteiger partial charge in [0.05, 0.1) is 0 Å². The summed E-state index contributed by atoms with van der Waals surface area (Å²) in [7, 11) is 0. The minimum absolute atomic E-state index is 0.224. The van der Waals surface area contributed by atoms with Crippen LogP contribution in [0.25, 0.3) is 0 Å². The molecule has 2 atom stereocenters. The Morgan fingerprint density at radius 2 is 1.10 bits per heavy atom. The molecule has 228 valence electrons. The highest BCUT2D eigenvalue weighted by Gasteiger charge is 2.37. The second-order valence-electron chi connectivity index (χ2n) is 11.0. The molecule has 7 nitrogen and oxygen atoms in total. The summed E-state index contributed by atoms with van der Waals surface area (Å²) in [5.41, 5.74) is 0.527. The van der Waals surface area contributed by atoms with Crippen LogP contribution in [0.2, 0.25) is 0 Å². The first-order chi connectivity index (χ1) is 19.5. The second kappa shape index (κ2) is 24.4. The van der Waals surface area contributed by atoms with Crippen LogP contribution in [0.15, 0.2) is 30.3 Å². The molecule has 1 aromatic rings. The van der Waals surface area contributed by atoms with Gasteiger partial charge >= 0.3 is 11.9 Å². The molecule has 2 unspecified atom stereocenters. The third kappa shape index (κ3) is 18.0. The number of ether oxygens (including phenoxy) is 2. The van der Waals surface area contributed by atoms with Crippen LogP contribution >= 0.6 is 0 Å². The van der Waals surface area contributed by atoms with Crippen molar-refractivity contribution in [2.24, 2.45) is 0 Å². The second-order valence-corrected chi connectivity index (χ2v) is 11.0. The topological polar surface area (TPSA) is 95.7 Å². The van der Waals surface area contributed by atoms with Gasteiger partial charge in [-0.05, 0) is 18.4 Å². The summed E-state index contributed by atoms with van der Waals surface area (Å²) in [6, 6.07) is 7.36. The Morgan fingerprint density at radius 1 is 0.675 bits per heavy atom. The fourth-order valence-electron chi connectivity index (χ4n) is 4.88. The van der Waals surface area contributed by atoms with Crippen molar-refractivity contribution in [3.63, 3.8) is 0 Å². The van der Waals surface area contributed by atoms with Crippen molar-refractivity contribution in [3.05, 3.63) is 46.0 Å². The molecule has 0 amide bonds. The normalized spacial score (nSPS) is 12.6. The monoisotopic (exact) mass is 561 g/mol. The minimum atomic E-state index is -1.36. The van der Waals surface area contributed by atoms with Gasteiger partial charge < -0.3 is 9.47 Å². The van der Waals surface area contributed by atoms with E-state index in [1.165, 1.54) is 77.0 Å². The van der Waals surface area contributed by atoms with Crippen LogP contribution in [-0.2, 0) is 19.1 Å².